The van der Waals surface area contributed by atoms with Crippen molar-refractivity contribution in [2.75, 3.05) is 17.7 Å². The second kappa shape index (κ2) is 7.31. The number of thiazole rings is 1. The van der Waals surface area contributed by atoms with E-state index in [1.54, 1.807) is 44.4 Å². The van der Waals surface area contributed by atoms with E-state index in [1.165, 1.54) is 11.3 Å². The number of carbonyl (C=O) groups is 2. The standard InChI is InChI=1S/C18H17N3O3S/c1-3-16(22)21-18-20-14-8-7-12(10-15(14)25-18)19-17(23)11-5-4-6-13(9-11)24-2/h4-10H,3H2,1-2H3,(H,19,23)(H,20,21,22). The van der Waals surface area contributed by atoms with Crippen LogP contribution in [0, 0.1) is 0 Å². The summed E-state index contributed by atoms with van der Waals surface area (Å²) in [4.78, 5) is 28.2. The van der Waals surface area contributed by atoms with Crippen molar-refractivity contribution in [1.29, 1.82) is 0 Å². The molecule has 0 aliphatic heterocycles. The molecule has 3 rings (SSSR count). The monoisotopic (exact) mass is 355 g/mol. The second-order valence-corrected chi connectivity index (χ2v) is 6.32. The molecule has 6 nitrogen and oxygen atoms in total. The van der Waals surface area contributed by atoms with Crippen LogP contribution in [-0.4, -0.2) is 23.9 Å². The van der Waals surface area contributed by atoms with Crippen molar-refractivity contribution in [2.24, 2.45) is 0 Å². The minimum Gasteiger partial charge on any atom is -0.497 e. The SMILES string of the molecule is CCC(=O)Nc1nc2ccc(NC(=O)c3cccc(OC)c3)cc2s1. The molecule has 0 radical (unpaired) electrons. The Kier molecular flexibility index (Phi) is 4.95. The lowest BCUT2D eigenvalue weighted by atomic mass is 10.2. The van der Waals surface area contributed by atoms with Crippen molar-refractivity contribution in [2.45, 2.75) is 13.3 Å². The van der Waals surface area contributed by atoms with Crippen molar-refractivity contribution in [1.82, 2.24) is 4.98 Å². The lowest BCUT2D eigenvalue weighted by Crippen LogP contribution is -2.11. The van der Waals surface area contributed by atoms with Crippen LogP contribution in [0.2, 0.25) is 0 Å². The van der Waals surface area contributed by atoms with Gasteiger partial charge in [0, 0.05) is 17.7 Å². The summed E-state index contributed by atoms with van der Waals surface area (Å²) < 4.78 is 6.02. The van der Waals surface area contributed by atoms with Gasteiger partial charge in [0.2, 0.25) is 5.91 Å². The summed E-state index contributed by atoms with van der Waals surface area (Å²) in [5.41, 5.74) is 1.95. The average molecular weight is 355 g/mol. The number of ether oxygens (including phenoxy) is 1. The molecule has 0 atom stereocenters. The van der Waals surface area contributed by atoms with Gasteiger partial charge in [0.05, 0.1) is 17.3 Å². The highest BCUT2D eigenvalue weighted by Gasteiger charge is 2.10. The highest BCUT2D eigenvalue weighted by Crippen LogP contribution is 2.28. The lowest BCUT2D eigenvalue weighted by Gasteiger charge is -2.06. The zero-order valence-electron chi connectivity index (χ0n) is 13.8. The number of benzene rings is 2. The second-order valence-electron chi connectivity index (χ2n) is 5.29. The summed E-state index contributed by atoms with van der Waals surface area (Å²) >= 11 is 1.37. The lowest BCUT2D eigenvalue weighted by molar-refractivity contribution is -0.115. The molecule has 25 heavy (non-hydrogen) atoms. The Morgan fingerprint density at radius 2 is 2.00 bits per heavy atom. The molecule has 0 bridgehead atoms. The summed E-state index contributed by atoms with van der Waals surface area (Å²) in [6.07, 6.45) is 0.401. The molecule has 0 unspecified atom stereocenters. The molecule has 7 heteroatoms. The van der Waals surface area contributed by atoms with Gasteiger partial charge in [-0.05, 0) is 36.4 Å². The molecule has 2 amide bonds. The molecule has 0 aliphatic rings. The maximum absolute atomic E-state index is 12.4. The first kappa shape index (κ1) is 16.9. The number of fused-ring (bicyclic) bond motifs is 1. The predicted molar refractivity (Wildman–Crippen MR) is 99.5 cm³/mol. The van der Waals surface area contributed by atoms with Gasteiger partial charge in [-0.1, -0.05) is 24.3 Å². The smallest absolute Gasteiger partial charge is 0.255 e. The molecule has 0 saturated carbocycles. The number of methoxy groups -OCH3 is 1. The van der Waals surface area contributed by atoms with Gasteiger partial charge >= 0.3 is 0 Å². The van der Waals surface area contributed by atoms with E-state index in [9.17, 15) is 9.59 Å². The molecular formula is C18H17N3O3S. The van der Waals surface area contributed by atoms with E-state index in [1.807, 2.05) is 12.1 Å². The first-order valence-electron chi connectivity index (χ1n) is 7.75. The van der Waals surface area contributed by atoms with Gasteiger partial charge in [-0.15, -0.1) is 0 Å². The number of carbonyl (C=O) groups excluding carboxylic acids is 2. The number of aromatic nitrogens is 1. The van der Waals surface area contributed by atoms with Crippen LogP contribution < -0.4 is 15.4 Å². The Labute approximate surface area is 148 Å². The number of hydrogen-bond acceptors (Lipinski definition) is 5. The van der Waals surface area contributed by atoms with Crippen molar-refractivity contribution in [3.63, 3.8) is 0 Å². The van der Waals surface area contributed by atoms with Crippen LogP contribution in [0.1, 0.15) is 23.7 Å². The zero-order chi connectivity index (χ0) is 17.8. The summed E-state index contributed by atoms with van der Waals surface area (Å²) in [6.45, 7) is 1.79. The quantitative estimate of drug-likeness (QED) is 0.727. The van der Waals surface area contributed by atoms with Crippen LogP contribution in [0.25, 0.3) is 10.2 Å². The minimum absolute atomic E-state index is 0.0781. The first-order chi connectivity index (χ1) is 12.1. The largest absolute Gasteiger partial charge is 0.497 e. The van der Waals surface area contributed by atoms with E-state index >= 15 is 0 Å². The molecule has 0 fully saturated rings. The molecule has 1 aromatic heterocycles. The molecule has 1 heterocycles. The first-order valence-corrected chi connectivity index (χ1v) is 8.56. The zero-order valence-corrected chi connectivity index (χ0v) is 14.6. The number of nitrogens with zero attached hydrogens (tertiary/aromatic N) is 1. The third kappa shape index (κ3) is 3.95. The molecule has 0 aliphatic carbocycles. The Morgan fingerprint density at radius 3 is 2.76 bits per heavy atom. The Bertz CT molecular complexity index is 936. The third-order valence-electron chi connectivity index (χ3n) is 3.55. The van der Waals surface area contributed by atoms with Crippen molar-refractivity contribution in [3.05, 3.63) is 48.0 Å². The van der Waals surface area contributed by atoms with Crippen molar-refractivity contribution in [3.8, 4) is 5.75 Å². The van der Waals surface area contributed by atoms with Gasteiger partial charge in [0.1, 0.15) is 5.75 Å². The van der Waals surface area contributed by atoms with Gasteiger partial charge < -0.3 is 15.4 Å². The number of rotatable bonds is 5. The fourth-order valence-electron chi connectivity index (χ4n) is 2.23. The van der Waals surface area contributed by atoms with E-state index in [0.717, 1.165) is 10.2 Å². The van der Waals surface area contributed by atoms with Gasteiger partial charge in [-0.2, -0.15) is 0 Å². The van der Waals surface area contributed by atoms with Gasteiger partial charge in [-0.25, -0.2) is 4.98 Å². The van der Waals surface area contributed by atoms with Gasteiger partial charge in [0.15, 0.2) is 5.13 Å². The van der Waals surface area contributed by atoms with Crippen LogP contribution in [0.4, 0.5) is 10.8 Å². The van der Waals surface area contributed by atoms with E-state index in [4.69, 9.17) is 4.74 Å². The number of hydrogen-bond donors (Lipinski definition) is 2. The van der Waals surface area contributed by atoms with Crippen LogP contribution in [0.5, 0.6) is 5.75 Å². The third-order valence-corrected chi connectivity index (χ3v) is 4.48. The van der Waals surface area contributed by atoms with E-state index in [2.05, 4.69) is 15.6 Å². The number of nitrogens with one attached hydrogen (secondary N) is 2. The average Bonchev–Trinajstić information content (AvgIpc) is 3.03. The van der Waals surface area contributed by atoms with Gasteiger partial charge in [0.25, 0.3) is 5.91 Å². The molecule has 3 aromatic rings. The summed E-state index contributed by atoms with van der Waals surface area (Å²) in [6, 6.07) is 12.4. The maximum atomic E-state index is 12.4. The highest BCUT2D eigenvalue weighted by atomic mass is 32.1. The Balaban J connectivity index is 1.79. The van der Waals surface area contributed by atoms with E-state index in [-0.39, 0.29) is 11.8 Å². The summed E-state index contributed by atoms with van der Waals surface area (Å²) in [5.74, 6) is 0.328. The highest BCUT2D eigenvalue weighted by molar-refractivity contribution is 7.22. The predicted octanol–water partition coefficient (Wildman–Crippen LogP) is 3.91. The maximum Gasteiger partial charge on any atom is 0.255 e. The molecule has 128 valence electrons. The summed E-state index contributed by atoms with van der Waals surface area (Å²) in [7, 11) is 1.56. The van der Waals surface area contributed by atoms with E-state index < -0.39 is 0 Å². The molecular weight excluding hydrogens is 338 g/mol. The summed E-state index contributed by atoms with van der Waals surface area (Å²) in [5, 5.41) is 6.16. The Morgan fingerprint density at radius 1 is 1.16 bits per heavy atom. The fourth-order valence-corrected chi connectivity index (χ4v) is 3.15. The topological polar surface area (TPSA) is 80.3 Å². The molecule has 0 spiro atoms. The van der Waals surface area contributed by atoms with Gasteiger partial charge in [-0.3, -0.25) is 9.59 Å². The van der Waals surface area contributed by atoms with Crippen molar-refractivity contribution < 1.29 is 14.3 Å². The molecule has 0 saturated heterocycles. The number of amides is 2. The van der Waals surface area contributed by atoms with E-state index in [0.29, 0.717) is 28.6 Å². The normalized spacial score (nSPS) is 10.5. The van der Waals surface area contributed by atoms with Crippen LogP contribution in [0.15, 0.2) is 42.5 Å². The fraction of sp³-hybridized carbons (Fsp3) is 0.167. The van der Waals surface area contributed by atoms with Crippen LogP contribution in [0.3, 0.4) is 0 Å². The van der Waals surface area contributed by atoms with Crippen LogP contribution in [-0.2, 0) is 4.79 Å². The number of anilines is 2. The van der Waals surface area contributed by atoms with Crippen molar-refractivity contribution >= 4 is 44.2 Å². The minimum atomic E-state index is -0.220. The molecule has 2 N–H and O–H groups in total. The Hall–Kier alpha value is -2.93. The molecule has 2 aromatic carbocycles. The van der Waals surface area contributed by atoms with Crippen LogP contribution >= 0.6 is 11.3 Å².